The molecule has 0 saturated carbocycles. The highest BCUT2D eigenvalue weighted by Crippen LogP contribution is 2.34. The van der Waals surface area contributed by atoms with E-state index in [2.05, 4.69) is 42.2 Å². The van der Waals surface area contributed by atoms with Gasteiger partial charge >= 0.3 is 5.69 Å². The number of anilines is 2. The Morgan fingerprint density at radius 3 is 2.79 bits per heavy atom. The maximum atomic E-state index is 11.0. The van der Waals surface area contributed by atoms with Gasteiger partial charge in [-0.1, -0.05) is 17.7 Å². The molecule has 0 fully saturated rings. The molecule has 0 aliphatic rings. The van der Waals surface area contributed by atoms with Crippen LogP contribution >= 0.6 is 43.5 Å². The predicted molar refractivity (Wildman–Crippen MR) is 81.0 cm³/mol. The van der Waals surface area contributed by atoms with E-state index >= 15 is 0 Å². The zero-order valence-corrected chi connectivity index (χ0v) is 13.2. The molecule has 1 N–H and O–H groups in total. The van der Waals surface area contributed by atoms with Crippen molar-refractivity contribution in [3.8, 4) is 0 Å². The summed E-state index contributed by atoms with van der Waals surface area (Å²) in [7, 11) is 0. The van der Waals surface area contributed by atoms with Crippen molar-refractivity contribution < 1.29 is 4.92 Å². The van der Waals surface area contributed by atoms with Crippen LogP contribution in [0.15, 0.2) is 39.4 Å². The molecule has 1 aromatic carbocycles. The highest BCUT2D eigenvalue weighted by molar-refractivity contribution is 9.11. The molecule has 1 heterocycles. The molecule has 2 aromatic rings. The Kier molecular flexibility index (Phi) is 4.38. The summed E-state index contributed by atoms with van der Waals surface area (Å²) < 4.78 is 1.16. The molecule has 0 spiro atoms. The number of benzene rings is 1. The molecule has 0 aliphatic heterocycles. The van der Waals surface area contributed by atoms with Gasteiger partial charge in [0.15, 0.2) is 0 Å². The second-order valence-electron chi connectivity index (χ2n) is 3.50. The monoisotopic (exact) mass is 405 g/mol. The first-order chi connectivity index (χ1) is 8.99. The van der Waals surface area contributed by atoms with Gasteiger partial charge in [0, 0.05) is 16.7 Å². The van der Waals surface area contributed by atoms with Crippen LogP contribution in [-0.4, -0.2) is 9.91 Å². The van der Waals surface area contributed by atoms with E-state index in [9.17, 15) is 10.1 Å². The van der Waals surface area contributed by atoms with E-state index in [0.717, 1.165) is 0 Å². The highest BCUT2D eigenvalue weighted by atomic mass is 79.9. The van der Waals surface area contributed by atoms with Crippen LogP contribution in [0.5, 0.6) is 0 Å². The Balaban J connectivity index is 2.44. The van der Waals surface area contributed by atoms with Gasteiger partial charge in [0.2, 0.25) is 5.82 Å². The van der Waals surface area contributed by atoms with E-state index in [0.29, 0.717) is 19.7 Å². The number of nitrogens with zero attached hydrogens (tertiary/aromatic N) is 2. The van der Waals surface area contributed by atoms with Crippen molar-refractivity contribution in [1.29, 1.82) is 0 Å². The van der Waals surface area contributed by atoms with Crippen LogP contribution in [0.1, 0.15) is 0 Å². The van der Waals surface area contributed by atoms with Crippen molar-refractivity contribution in [2.75, 3.05) is 5.32 Å². The fourth-order valence-electron chi connectivity index (χ4n) is 1.39. The van der Waals surface area contributed by atoms with Crippen molar-refractivity contribution in [1.82, 2.24) is 4.98 Å². The summed E-state index contributed by atoms with van der Waals surface area (Å²) in [4.78, 5) is 14.5. The van der Waals surface area contributed by atoms with Gasteiger partial charge in [-0.15, -0.1) is 0 Å². The van der Waals surface area contributed by atoms with Gasteiger partial charge in [0.1, 0.15) is 0 Å². The first-order valence-electron chi connectivity index (χ1n) is 5.00. The Morgan fingerprint density at radius 2 is 2.11 bits per heavy atom. The van der Waals surface area contributed by atoms with Crippen molar-refractivity contribution in [2.24, 2.45) is 0 Å². The third-order valence-electron chi connectivity index (χ3n) is 2.24. The third kappa shape index (κ3) is 3.23. The molecule has 5 nitrogen and oxygen atoms in total. The minimum Gasteiger partial charge on any atom is -0.333 e. The summed E-state index contributed by atoms with van der Waals surface area (Å²) in [6, 6.07) is 6.57. The normalized spacial score (nSPS) is 10.3. The van der Waals surface area contributed by atoms with Crippen LogP contribution in [0.4, 0.5) is 17.2 Å². The number of hydrogen-bond donors (Lipinski definition) is 1. The third-order valence-corrected chi connectivity index (χ3v) is 4.07. The Hall–Kier alpha value is -1.18. The quantitative estimate of drug-likeness (QED) is 0.580. The number of rotatable bonds is 3. The number of aromatic nitrogens is 1. The minimum atomic E-state index is -0.501. The van der Waals surface area contributed by atoms with Crippen molar-refractivity contribution in [3.63, 3.8) is 0 Å². The number of nitro groups is 1. The Labute approximate surface area is 130 Å². The van der Waals surface area contributed by atoms with Crippen LogP contribution in [-0.2, 0) is 0 Å². The molecule has 0 unspecified atom stereocenters. The Morgan fingerprint density at radius 1 is 1.37 bits per heavy atom. The molecule has 0 saturated heterocycles. The molecule has 0 aliphatic carbocycles. The van der Waals surface area contributed by atoms with Gasteiger partial charge < -0.3 is 5.32 Å². The second kappa shape index (κ2) is 5.85. The summed E-state index contributed by atoms with van der Waals surface area (Å²) in [5.41, 5.74) is 0.478. The van der Waals surface area contributed by atoms with Crippen LogP contribution in [0.3, 0.4) is 0 Å². The molecule has 0 radical (unpaired) electrons. The van der Waals surface area contributed by atoms with Gasteiger partial charge in [-0.25, -0.2) is 4.98 Å². The highest BCUT2D eigenvalue weighted by Gasteiger charge is 2.17. The molecule has 98 valence electrons. The first kappa shape index (κ1) is 14.2. The van der Waals surface area contributed by atoms with Crippen molar-refractivity contribution >= 4 is 60.7 Å². The van der Waals surface area contributed by atoms with Gasteiger partial charge in [-0.05, 0) is 44.0 Å². The lowest BCUT2D eigenvalue weighted by Crippen LogP contribution is -2.00. The smallest absolute Gasteiger partial charge is 0.312 e. The number of halogens is 3. The van der Waals surface area contributed by atoms with Gasteiger partial charge in [-0.3, -0.25) is 10.1 Å². The van der Waals surface area contributed by atoms with E-state index in [1.807, 2.05) is 0 Å². The maximum absolute atomic E-state index is 11.0. The molecule has 0 amide bonds. The lowest BCUT2D eigenvalue weighted by Gasteiger charge is -2.09. The Bertz CT molecular complexity index is 652. The standard InChI is InChI=1S/C11H6Br2ClN3O2/c12-6-4-9(17(18)19)11(15-5-6)16-8-3-1-2-7(14)10(8)13/h1-5H,(H,15,16). The molecule has 19 heavy (non-hydrogen) atoms. The van der Waals surface area contributed by atoms with Gasteiger partial charge in [-0.2, -0.15) is 0 Å². The summed E-state index contributed by atoms with van der Waals surface area (Å²) in [5.74, 6) is 0.149. The molecule has 8 heteroatoms. The average molecular weight is 407 g/mol. The predicted octanol–water partition coefficient (Wildman–Crippen LogP) is 4.91. The molecule has 0 atom stereocenters. The minimum absolute atomic E-state index is 0.124. The zero-order valence-electron chi connectivity index (χ0n) is 9.23. The van der Waals surface area contributed by atoms with Gasteiger partial charge in [0.25, 0.3) is 0 Å². The van der Waals surface area contributed by atoms with Crippen LogP contribution in [0.25, 0.3) is 0 Å². The number of pyridine rings is 1. The van der Waals surface area contributed by atoms with Crippen molar-refractivity contribution in [2.45, 2.75) is 0 Å². The van der Waals surface area contributed by atoms with Crippen molar-refractivity contribution in [3.05, 3.63) is 54.5 Å². The number of hydrogen-bond acceptors (Lipinski definition) is 4. The molecular formula is C11H6Br2ClN3O2. The van der Waals surface area contributed by atoms with Crippen LogP contribution in [0, 0.1) is 10.1 Å². The fraction of sp³-hybridized carbons (Fsp3) is 0. The van der Waals surface area contributed by atoms with Crippen LogP contribution in [0.2, 0.25) is 5.02 Å². The summed E-state index contributed by atoms with van der Waals surface area (Å²) in [5, 5.41) is 14.4. The lowest BCUT2D eigenvalue weighted by molar-refractivity contribution is -0.384. The van der Waals surface area contributed by atoms with E-state index in [1.54, 1.807) is 18.2 Å². The molecule has 0 bridgehead atoms. The number of nitrogens with one attached hydrogen (secondary N) is 1. The SMILES string of the molecule is O=[N+]([O-])c1cc(Br)cnc1Nc1cccc(Cl)c1Br. The van der Waals surface area contributed by atoms with E-state index in [4.69, 9.17) is 11.6 Å². The summed E-state index contributed by atoms with van der Waals surface area (Å²) in [6.07, 6.45) is 1.48. The first-order valence-corrected chi connectivity index (χ1v) is 6.96. The summed E-state index contributed by atoms with van der Waals surface area (Å²) in [6.45, 7) is 0. The van der Waals surface area contributed by atoms with E-state index < -0.39 is 4.92 Å². The zero-order chi connectivity index (χ0) is 14.0. The molecule has 2 rings (SSSR count). The lowest BCUT2D eigenvalue weighted by atomic mass is 10.3. The molecular weight excluding hydrogens is 401 g/mol. The largest absolute Gasteiger partial charge is 0.333 e. The van der Waals surface area contributed by atoms with E-state index in [-0.39, 0.29) is 11.5 Å². The van der Waals surface area contributed by atoms with Crippen LogP contribution < -0.4 is 5.32 Å². The summed E-state index contributed by atoms with van der Waals surface area (Å²) >= 11 is 12.4. The fourth-order valence-corrected chi connectivity index (χ4v) is 2.25. The van der Waals surface area contributed by atoms with Gasteiger partial charge in [0.05, 0.1) is 20.1 Å². The second-order valence-corrected chi connectivity index (χ2v) is 5.62. The average Bonchev–Trinajstić information content (AvgIpc) is 2.36. The maximum Gasteiger partial charge on any atom is 0.312 e. The van der Waals surface area contributed by atoms with E-state index in [1.165, 1.54) is 12.3 Å². The molecule has 1 aromatic heterocycles. The topological polar surface area (TPSA) is 68.1 Å².